The van der Waals surface area contributed by atoms with Crippen molar-refractivity contribution >= 4 is 5.91 Å². The van der Waals surface area contributed by atoms with E-state index in [0.29, 0.717) is 13.1 Å². The Labute approximate surface area is 189 Å². The minimum Gasteiger partial charge on any atom is -0.338 e. The van der Waals surface area contributed by atoms with Crippen molar-refractivity contribution in [1.82, 2.24) is 29.4 Å². The van der Waals surface area contributed by atoms with Gasteiger partial charge in [-0.1, -0.05) is 43.7 Å². The molecule has 0 radical (unpaired) electrons. The number of benzene rings is 1. The fraction of sp³-hybridized carbons (Fsp3) is 0.520. The van der Waals surface area contributed by atoms with Crippen LogP contribution in [0.15, 0.2) is 36.5 Å². The smallest absolute Gasteiger partial charge is 0.257 e. The number of carbonyl (C=O) groups is 1. The van der Waals surface area contributed by atoms with E-state index >= 15 is 0 Å². The average molecular weight is 433 g/mol. The lowest BCUT2D eigenvalue weighted by Gasteiger charge is -2.32. The number of nitrogens with zero attached hydrogens (tertiary/aromatic N) is 6. The molecule has 7 heteroatoms. The Kier molecular flexibility index (Phi) is 6.06. The fourth-order valence-electron chi connectivity index (χ4n) is 5.21. The van der Waals surface area contributed by atoms with Crippen LogP contribution in [0.1, 0.15) is 78.2 Å². The summed E-state index contributed by atoms with van der Waals surface area (Å²) in [5.74, 6) is 2.56. The van der Waals surface area contributed by atoms with Crippen LogP contribution >= 0.6 is 0 Å². The Morgan fingerprint density at radius 3 is 2.78 bits per heavy atom. The molecule has 1 unspecified atom stereocenters. The number of hydrogen-bond donors (Lipinski definition) is 0. The van der Waals surface area contributed by atoms with E-state index in [-0.39, 0.29) is 11.8 Å². The van der Waals surface area contributed by atoms with E-state index in [1.165, 1.54) is 24.8 Å². The molecular formula is C25H32N6O. The fourth-order valence-corrected chi connectivity index (χ4v) is 5.21. The maximum Gasteiger partial charge on any atom is 0.257 e. The first-order valence-corrected chi connectivity index (χ1v) is 12.0. The predicted molar refractivity (Wildman–Crippen MR) is 123 cm³/mol. The summed E-state index contributed by atoms with van der Waals surface area (Å²) in [6, 6.07) is 10.3. The number of carbonyl (C=O) groups excluding carboxylic acids is 1. The number of amides is 1. The summed E-state index contributed by atoms with van der Waals surface area (Å²) in [5, 5.41) is 13.6. The Morgan fingerprint density at radius 2 is 1.94 bits per heavy atom. The molecule has 1 fully saturated rings. The van der Waals surface area contributed by atoms with Crippen molar-refractivity contribution in [3.8, 4) is 0 Å². The number of likely N-dealkylation sites (tertiary alicyclic amines) is 1. The first-order valence-electron chi connectivity index (χ1n) is 12.0. The number of fused-ring (bicyclic) bond motifs is 1. The normalized spacial score (nSPS) is 18.9. The Bertz CT molecular complexity index is 1070. The van der Waals surface area contributed by atoms with Gasteiger partial charge in [0.15, 0.2) is 0 Å². The summed E-state index contributed by atoms with van der Waals surface area (Å²) in [7, 11) is 0. The van der Waals surface area contributed by atoms with Gasteiger partial charge in [-0.05, 0) is 37.7 Å². The first-order chi connectivity index (χ1) is 15.7. The quantitative estimate of drug-likeness (QED) is 0.614. The summed E-state index contributed by atoms with van der Waals surface area (Å²) in [5.41, 5.74) is 2.94. The van der Waals surface area contributed by atoms with Crippen molar-refractivity contribution < 1.29 is 4.79 Å². The third-order valence-electron chi connectivity index (χ3n) is 6.90. The number of aromatic nitrogens is 5. The molecule has 0 saturated carbocycles. The highest BCUT2D eigenvalue weighted by atomic mass is 16.2. The number of aryl methyl sites for hydroxylation is 1. The molecule has 0 bridgehead atoms. The van der Waals surface area contributed by atoms with Crippen LogP contribution in [0.3, 0.4) is 0 Å². The topological polar surface area (TPSA) is 68.8 Å². The molecule has 2 aliphatic rings. The Morgan fingerprint density at radius 1 is 1.06 bits per heavy atom. The zero-order chi connectivity index (χ0) is 21.9. The van der Waals surface area contributed by atoms with Crippen LogP contribution in [0, 0.1) is 0 Å². The molecule has 4 heterocycles. The van der Waals surface area contributed by atoms with Crippen LogP contribution in [0.4, 0.5) is 0 Å². The lowest BCUT2D eigenvalue weighted by atomic mass is 9.96. The molecule has 7 nitrogen and oxygen atoms in total. The van der Waals surface area contributed by atoms with Crippen molar-refractivity contribution in [1.29, 1.82) is 0 Å². The predicted octanol–water partition coefficient (Wildman–Crippen LogP) is 3.83. The SMILES string of the molecule is CCc1c(C(=O)N2CCCC(c3nnc4n3CCCCC4)C2)cnn1Cc1ccccc1. The van der Waals surface area contributed by atoms with Gasteiger partial charge in [-0.15, -0.1) is 10.2 Å². The van der Waals surface area contributed by atoms with E-state index in [0.717, 1.165) is 61.7 Å². The van der Waals surface area contributed by atoms with E-state index in [2.05, 4.69) is 38.9 Å². The highest BCUT2D eigenvalue weighted by Crippen LogP contribution is 2.29. The second-order valence-electron chi connectivity index (χ2n) is 9.03. The minimum atomic E-state index is 0.0986. The van der Waals surface area contributed by atoms with Crippen LogP contribution in [0.25, 0.3) is 0 Å². The van der Waals surface area contributed by atoms with Crippen LogP contribution in [0.5, 0.6) is 0 Å². The van der Waals surface area contributed by atoms with Gasteiger partial charge in [-0.25, -0.2) is 0 Å². The van der Waals surface area contributed by atoms with Crippen molar-refractivity contribution in [2.45, 2.75) is 70.9 Å². The molecule has 2 aliphatic heterocycles. The molecule has 3 aromatic rings. The monoisotopic (exact) mass is 432 g/mol. The van der Waals surface area contributed by atoms with E-state index < -0.39 is 0 Å². The van der Waals surface area contributed by atoms with Gasteiger partial charge < -0.3 is 9.47 Å². The van der Waals surface area contributed by atoms with Crippen molar-refractivity contribution in [2.75, 3.05) is 13.1 Å². The van der Waals surface area contributed by atoms with Crippen molar-refractivity contribution in [3.63, 3.8) is 0 Å². The van der Waals surface area contributed by atoms with Crippen LogP contribution in [0.2, 0.25) is 0 Å². The molecule has 0 N–H and O–H groups in total. The molecule has 1 atom stereocenters. The largest absolute Gasteiger partial charge is 0.338 e. The van der Waals surface area contributed by atoms with Gasteiger partial charge in [0, 0.05) is 32.0 Å². The molecule has 1 saturated heterocycles. The third-order valence-corrected chi connectivity index (χ3v) is 6.90. The van der Waals surface area contributed by atoms with Crippen molar-refractivity contribution in [3.05, 3.63) is 65.0 Å². The van der Waals surface area contributed by atoms with Crippen molar-refractivity contribution in [2.24, 2.45) is 0 Å². The zero-order valence-corrected chi connectivity index (χ0v) is 18.9. The van der Waals surface area contributed by atoms with E-state index in [4.69, 9.17) is 0 Å². The van der Waals surface area contributed by atoms with Gasteiger partial charge in [0.2, 0.25) is 0 Å². The van der Waals surface area contributed by atoms with Gasteiger partial charge >= 0.3 is 0 Å². The molecule has 32 heavy (non-hydrogen) atoms. The highest BCUT2D eigenvalue weighted by molar-refractivity contribution is 5.95. The van der Waals surface area contributed by atoms with Crippen LogP contribution in [-0.4, -0.2) is 48.4 Å². The number of hydrogen-bond acceptors (Lipinski definition) is 4. The second-order valence-corrected chi connectivity index (χ2v) is 9.03. The zero-order valence-electron chi connectivity index (χ0n) is 18.9. The summed E-state index contributed by atoms with van der Waals surface area (Å²) in [4.78, 5) is 15.5. The molecule has 1 amide bonds. The Balaban J connectivity index is 1.34. The standard InChI is InChI=1S/C25H32N6O/c1-2-22-21(16-26-31(22)17-19-10-5-3-6-11-19)25(32)29-14-9-12-20(18-29)24-28-27-23-13-7-4-8-15-30(23)24/h3,5-6,10-11,16,20H,2,4,7-9,12-15,17-18H2,1H3. The molecule has 0 aliphatic carbocycles. The molecule has 5 rings (SSSR count). The van der Waals surface area contributed by atoms with E-state index in [1.807, 2.05) is 27.8 Å². The number of rotatable bonds is 5. The summed E-state index contributed by atoms with van der Waals surface area (Å²) < 4.78 is 4.31. The van der Waals surface area contributed by atoms with Crippen LogP contribution in [-0.2, 0) is 25.9 Å². The average Bonchev–Trinajstić information content (AvgIpc) is 3.35. The maximum absolute atomic E-state index is 13.5. The molecule has 2 aromatic heterocycles. The van der Waals surface area contributed by atoms with Gasteiger partial charge in [-0.2, -0.15) is 5.10 Å². The van der Waals surface area contributed by atoms with Gasteiger partial charge in [0.1, 0.15) is 11.6 Å². The molecule has 1 aromatic carbocycles. The Hall–Kier alpha value is -2.96. The summed E-state index contributed by atoms with van der Waals surface area (Å²) in [6.07, 6.45) is 9.26. The maximum atomic E-state index is 13.5. The minimum absolute atomic E-state index is 0.0986. The summed E-state index contributed by atoms with van der Waals surface area (Å²) >= 11 is 0. The molecule has 168 valence electrons. The second kappa shape index (κ2) is 9.27. The molecular weight excluding hydrogens is 400 g/mol. The number of piperidine rings is 1. The summed E-state index contributed by atoms with van der Waals surface area (Å²) in [6.45, 7) is 5.30. The van der Waals surface area contributed by atoms with Gasteiger partial charge in [0.25, 0.3) is 5.91 Å². The van der Waals surface area contributed by atoms with Gasteiger partial charge in [-0.3, -0.25) is 9.48 Å². The lowest BCUT2D eigenvalue weighted by molar-refractivity contribution is 0.0702. The van der Waals surface area contributed by atoms with E-state index in [9.17, 15) is 4.79 Å². The van der Waals surface area contributed by atoms with E-state index in [1.54, 1.807) is 6.20 Å². The van der Waals surface area contributed by atoms with Crippen LogP contribution < -0.4 is 0 Å². The van der Waals surface area contributed by atoms with Gasteiger partial charge in [0.05, 0.1) is 24.0 Å². The first kappa shape index (κ1) is 20.9. The molecule has 0 spiro atoms. The third kappa shape index (κ3) is 4.08. The highest BCUT2D eigenvalue weighted by Gasteiger charge is 2.31. The lowest BCUT2D eigenvalue weighted by Crippen LogP contribution is -2.40.